The third-order valence-corrected chi connectivity index (χ3v) is 3.95. The molecule has 2 N–H and O–H groups in total. The van der Waals surface area contributed by atoms with Crippen LogP contribution in [0.4, 0.5) is 11.4 Å². The zero-order valence-electron chi connectivity index (χ0n) is 9.31. The maximum absolute atomic E-state index is 6.21. The quantitative estimate of drug-likeness (QED) is 0.829. The fraction of sp³-hybridized carbons (Fsp3) is 0.417. The van der Waals surface area contributed by atoms with E-state index >= 15 is 0 Å². The second-order valence-corrected chi connectivity index (χ2v) is 5.10. The monoisotopic (exact) mass is 233 g/mol. The first-order valence-corrected chi connectivity index (χ1v) is 6.57. The number of aromatic nitrogens is 1. The van der Waals surface area contributed by atoms with Crippen LogP contribution in [0.1, 0.15) is 19.8 Å². The first kappa shape index (κ1) is 9.90. The minimum Gasteiger partial charge on any atom is -0.395 e. The Bertz CT molecular complexity index is 516. The number of nitrogens with two attached hydrogens (primary N) is 1. The van der Waals surface area contributed by atoms with E-state index in [0.29, 0.717) is 6.04 Å². The first-order valence-electron chi connectivity index (χ1n) is 5.69. The van der Waals surface area contributed by atoms with Gasteiger partial charge in [-0.2, -0.15) is 0 Å². The smallest absolute Gasteiger partial charge is 0.106 e. The minimum absolute atomic E-state index is 0.698. The van der Waals surface area contributed by atoms with Crippen molar-refractivity contribution in [3.63, 3.8) is 0 Å². The van der Waals surface area contributed by atoms with E-state index in [1.165, 1.54) is 17.5 Å². The lowest BCUT2D eigenvalue weighted by molar-refractivity contribution is 0.828. The Balaban J connectivity index is 2.11. The van der Waals surface area contributed by atoms with Crippen LogP contribution in [0.15, 0.2) is 17.6 Å². The molecule has 0 unspecified atom stereocenters. The molecular formula is C12H15N3S. The molecule has 1 aromatic heterocycles. The van der Waals surface area contributed by atoms with Gasteiger partial charge in [0, 0.05) is 12.6 Å². The van der Waals surface area contributed by atoms with Gasteiger partial charge in [0.1, 0.15) is 5.52 Å². The molecule has 2 aromatic rings. The molecule has 0 amide bonds. The molecule has 4 heteroatoms. The summed E-state index contributed by atoms with van der Waals surface area (Å²) in [7, 11) is 0. The number of nitrogens with zero attached hydrogens (tertiary/aromatic N) is 2. The van der Waals surface area contributed by atoms with Gasteiger partial charge in [0.15, 0.2) is 0 Å². The predicted octanol–water partition coefficient (Wildman–Crippen LogP) is 2.87. The van der Waals surface area contributed by atoms with Crippen molar-refractivity contribution in [1.29, 1.82) is 0 Å². The van der Waals surface area contributed by atoms with Crippen LogP contribution in [0, 0.1) is 0 Å². The minimum atomic E-state index is 0.698. The molecule has 1 heterocycles. The molecule has 1 aliphatic rings. The van der Waals surface area contributed by atoms with Gasteiger partial charge < -0.3 is 10.6 Å². The van der Waals surface area contributed by atoms with Gasteiger partial charge in [-0.15, -0.1) is 11.3 Å². The maximum Gasteiger partial charge on any atom is 0.106 e. The van der Waals surface area contributed by atoms with Crippen LogP contribution < -0.4 is 10.6 Å². The average Bonchev–Trinajstić information content (AvgIpc) is 3.00. The normalized spacial score (nSPS) is 15.6. The van der Waals surface area contributed by atoms with Crippen LogP contribution in [0.2, 0.25) is 0 Å². The van der Waals surface area contributed by atoms with Crippen molar-refractivity contribution in [3.05, 3.63) is 17.6 Å². The van der Waals surface area contributed by atoms with Crippen LogP contribution in [-0.4, -0.2) is 17.6 Å². The van der Waals surface area contributed by atoms with Crippen molar-refractivity contribution in [3.8, 4) is 0 Å². The SMILES string of the molecule is CCN(c1ccc2scnc2c1N)C1CC1. The molecule has 84 valence electrons. The predicted molar refractivity (Wildman–Crippen MR) is 70.1 cm³/mol. The van der Waals surface area contributed by atoms with Crippen molar-refractivity contribution in [2.75, 3.05) is 17.2 Å². The van der Waals surface area contributed by atoms with Crippen LogP contribution in [-0.2, 0) is 0 Å². The molecule has 0 radical (unpaired) electrons. The van der Waals surface area contributed by atoms with E-state index in [9.17, 15) is 0 Å². The third-order valence-electron chi connectivity index (χ3n) is 3.16. The lowest BCUT2D eigenvalue weighted by Crippen LogP contribution is -2.25. The zero-order valence-corrected chi connectivity index (χ0v) is 10.1. The molecule has 1 aliphatic carbocycles. The highest BCUT2D eigenvalue weighted by Crippen LogP contribution is 2.38. The Morgan fingerprint density at radius 2 is 2.31 bits per heavy atom. The number of thiazole rings is 1. The van der Waals surface area contributed by atoms with Crippen molar-refractivity contribution in [2.24, 2.45) is 0 Å². The molecule has 3 rings (SSSR count). The molecule has 1 saturated carbocycles. The molecule has 0 saturated heterocycles. The molecule has 16 heavy (non-hydrogen) atoms. The first-order chi connectivity index (χ1) is 7.81. The standard InChI is InChI=1S/C12H15N3S/c1-2-15(8-3-4-8)9-5-6-10-12(11(9)13)14-7-16-10/h5-8H,2-4,13H2,1H3. The molecule has 1 aromatic carbocycles. The van der Waals surface area contributed by atoms with Gasteiger partial charge in [-0.1, -0.05) is 0 Å². The topological polar surface area (TPSA) is 42.2 Å². The number of benzene rings is 1. The van der Waals surface area contributed by atoms with Gasteiger partial charge in [-0.25, -0.2) is 4.98 Å². The average molecular weight is 233 g/mol. The maximum atomic E-state index is 6.21. The Morgan fingerprint density at radius 1 is 1.50 bits per heavy atom. The summed E-state index contributed by atoms with van der Waals surface area (Å²) >= 11 is 1.64. The number of rotatable bonds is 3. The number of fused-ring (bicyclic) bond motifs is 1. The second-order valence-electron chi connectivity index (χ2n) is 4.21. The fourth-order valence-corrected chi connectivity index (χ4v) is 2.90. The van der Waals surface area contributed by atoms with Crippen molar-refractivity contribution in [1.82, 2.24) is 4.98 Å². The van der Waals surface area contributed by atoms with E-state index in [1.54, 1.807) is 11.3 Å². The van der Waals surface area contributed by atoms with E-state index in [1.807, 2.05) is 5.51 Å². The van der Waals surface area contributed by atoms with Crippen LogP contribution in [0.25, 0.3) is 10.2 Å². The van der Waals surface area contributed by atoms with Crippen molar-refractivity contribution >= 4 is 32.9 Å². The van der Waals surface area contributed by atoms with Crippen molar-refractivity contribution in [2.45, 2.75) is 25.8 Å². The highest BCUT2D eigenvalue weighted by atomic mass is 32.1. The molecule has 0 aliphatic heterocycles. The van der Waals surface area contributed by atoms with Gasteiger partial charge >= 0.3 is 0 Å². The molecular weight excluding hydrogens is 218 g/mol. The number of hydrogen-bond donors (Lipinski definition) is 1. The van der Waals surface area contributed by atoms with E-state index in [2.05, 4.69) is 28.9 Å². The summed E-state index contributed by atoms with van der Waals surface area (Å²) in [6.07, 6.45) is 2.59. The highest BCUT2D eigenvalue weighted by Gasteiger charge is 2.29. The Kier molecular flexibility index (Phi) is 2.24. The van der Waals surface area contributed by atoms with Crippen LogP contribution >= 0.6 is 11.3 Å². The summed E-state index contributed by atoms with van der Waals surface area (Å²) in [5.74, 6) is 0. The van der Waals surface area contributed by atoms with Gasteiger partial charge in [0.25, 0.3) is 0 Å². The summed E-state index contributed by atoms with van der Waals surface area (Å²) in [6, 6.07) is 4.96. The van der Waals surface area contributed by atoms with Gasteiger partial charge in [-0.3, -0.25) is 0 Å². The molecule has 1 fully saturated rings. The second kappa shape index (κ2) is 3.63. The molecule has 3 nitrogen and oxygen atoms in total. The highest BCUT2D eigenvalue weighted by molar-refractivity contribution is 7.16. The summed E-state index contributed by atoms with van der Waals surface area (Å²) in [6.45, 7) is 3.20. The lowest BCUT2D eigenvalue weighted by Gasteiger charge is -2.24. The molecule has 0 bridgehead atoms. The third kappa shape index (κ3) is 1.45. The van der Waals surface area contributed by atoms with E-state index in [0.717, 1.165) is 23.4 Å². The van der Waals surface area contributed by atoms with E-state index in [4.69, 9.17) is 5.73 Å². The van der Waals surface area contributed by atoms with Crippen molar-refractivity contribution < 1.29 is 0 Å². The number of nitrogen functional groups attached to an aromatic ring is 1. The summed E-state index contributed by atoms with van der Waals surface area (Å²) in [5, 5.41) is 0. The van der Waals surface area contributed by atoms with Crippen LogP contribution in [0.3, 0.4) is 0 Å². The number of anilines is 2. The molecule has 0 atom stereocenters. The number of hydrogen-bond acceptors (Lipinski definition) is 4. The lowest BCUT2D eigenvalue weighted by atomic mass is 10.2. The van der Waals surface area contributed by atoms with Gasteiger partial charge in [0.05, 0.1) is 21.6 Å². The van der Waals surface area contributed by atoms with E-state index in [-0.39, 0.29) is 0 Å². The summed E-state index contributed by atoms with van der Waals surface area (Å²) < 4.78 is 1.17. The van der Waals surface area contributed by atoms with Gasteiger partial charge in [0.2, 0.25) is 0 Å². The van der Waals surface area contributed by atoms with Gasteiger partial charge in [-0.05, 0) is 31.9 Å². The Hall–Kier alpha value is -1.29. The summed E-state index contributed by atoms with van der Waals surface area (Å²) in [5.41, 5.74) is 11.0. The summed E-state index contributed by atoms with van der Waals surface area (Å²) in [4.78, 5) is 6.74. The zero-order chi connectivity index (χ0) is 11.1. The Morgan fingerprint density at radius 3 is 3.00 bits per heavy atom. The van der Waals surface area contributed by atoms with Crippen LogP contribution in [0.5, 0.6) is 0 Å². The van der Waals surface area contributed by atoms with E-state index < -0.39 is 0 Å². The Labute approximate surface area is 98.9 Å². The fourth-order valence-electron chi connectivity index (χ4n) is 2.20. The molecule has 0 spiro atoms. The largest absolute Gasteiger partial charge is 0.395 e.